The van der Waals surface area contributed by atoms with Gasteiger partial charge in [-0.2, -0.15) is 0 Å². The molecule has 9 rings (SSSR count). The Bertz CT molecular complexity index is 3370. The van der Waals surface area contributed by atoms with Crippen molar-refractivity contribution >= 4 is 11.0 Å². The standard InChI is InChI=1S/C64H64N3O.Pt/c1-39(2)43-20-22-45(23-21-43)48-30-31-65-58(38-48)52-33-50(44-16-13-12-14-17-44)32-51(34-52)54-18-15-19-60-61(54)66-63(57-37-49(41(5)6)36-55(42(7)8)62(57)68)67(60)59-29-26-47(40(3)4)35-56(59)46-24-27-53(28-25-46)64(9,10)11;/h12-33,35-42,68H,1-11H3;/q-1;/i39D,40D;. The van der Waals surface area contributed by atoms with Gasteiger partial charge in [-0.3, -0.25) is 9.55 Å². The minimum Gasteiger partial charge on any atom is -0.507 e. The smallest absolute Gasteiger partial charge is 0.148 e. The minimum absolute atomic E-state index is 0. The quantitative estimate of drug-likeness (QED) is 0.131. The Morgan fingerprint density at radius 3 is 1.84 bits per heavy atom. The molecule has 1 N–H and O–H groups in total. The number of aromatic hydroxyl groups is 1. The number of nitrogens with zero attached hydrogens (tertiary/aromatic N) is 3. The van der Waals surface area contributed by atoms with Crippen LogP contribution in [0.15, 0.2) is 158 Å². The molecule has 5 heteroatoms. The average molecular weight is 1090 g/mol. The van der Waals surface area contributed by atoms with Crippen LogP contribution in [0, 0.1) is 6.07 Å². The second kappa shape index (κ2) is 19.9. The van der Waals surface area contributed by atoms with Crippen LogP contribution in [0.5, 0.6) is 5.75 Å². The van der Waals surface area contributed by atoms with Gasteiger partial charge in [-0.1, -0.05) is 202 Å². The van der Waals surface area contributed by atoms with E-state index in [0.717, 1.165) is 94.7 Å². The first kappa shape index (κ1) is 46.4. The molecule has 0 spiro atoms. The van der Waals surface area contributed by atoms with Crippen molar-refractivity contribution in [2.75, 3.05) is 0 Å². The van der Waals surface area contributed by atoms with E-state index in [1.54, 1.807) is 0 Å². The van der Waals surface area contributed by atoms with Crippen LogP contribution in [0.3, 0.4) is 0 Å². The van der Waals surface area contributed by atoms with Gasteiger partial charge in [0.15, 0.2) is 0 Å². The first-order chi connectivity index (χ1) is 33.2. The number of hydrogen-bond acceptors (Lipinski definition) is 3. The second-order valence-corrected chi connectivity index (χ2v) is 20.4. The van der Waals surface area contributed by atoms with Gasteiger partial charge in [0.2, 0.25) is 0 Å². The fraction of sp³-hybridized carbons (Fsp3) is 0.250. The Kier molecular flexibility index (Phi) is 13.4. The third kappa shape index (κ3) is 9.93. The van der Waals surface area contributed by atoms with Crippen LogP contribution in [0.2, 0.25) is 0 Å². The summed E-state index contributed by atoms with van der Waals surface area (Å²) < 4.78 is 19.9. The Labute approximate surface area is 427 Å². The number of para-hydroxylation sites is 1. The summed E-state index contributed by atoms with van der Waals surface area (Å²) in [4.78, 5) is 10.6. The second-order valence-electron chi connectivity index (χ2n) is 20.4. The fourth-order valence-electron chi connectivity index (χ4n) is 9.19. The van der Waals surface area contributed by atoms with E-state index in [2.05, 4.69) is 186 Å². The van der Waals surface area contributed by atoms with E-state index in [-0.39, 0.29) is 44.1 Å². The molecule has 0 unspecified atom stereocenters. The van der Waals surface area contributed by atoms with Crippen LogP contribution < -0.4 is 0 Å². The molecule has 352 valence electrons. The third-order valence-corrected chi connectivity index (χ3v) is 13.4. The van der Waals surface area contributed by atoms with E-state index in [1.807, 2.05) is 58.2 Å². The summed E-state index contributed by atoms with van der Waals surface area (Å²) in [5.41, 5.74) is 17.8. The molecule has 0 atom stereocenters. The summed E-state index contributed by atoms with van der Waals surface area (Å²) in [5, 5.41) is 12.4. The molecule has 2 aromatic heterocycles. The molecule has 0 aliphatic rings. The zero-order chi connectivity index (χ0) is 49.9. The summed E-state index contributed by atoms with van der Waals surface area (Å²) >= 11 is 0. The average Bonchev–Trinajstić information content (AvgIpc) is 3.72. The van der Waals surface area contributed by atoms with Crippen molar-refractivity contribution in [2.24, 2.45) is 0 Å². The van der Waals surface area contributed by atoms with Gasteiger partial charge in [0, 0.05) is 41.3 Å². The molecule has 2 heterocycles. The summed E-state index contributed by atoms with van der Waals surface area (Å²) in [7, 11) is 0. The number of hydrogen-bond donors (Lipinski definition) is 1. The monoisotopic (exact) mass is 1090 g/mol. The van der Waals surface area contributed by atoms with E-state index >= 15 is 0 Å². The SMILES string of the molecule is [2H]C(C)(C)c1ccc(-c2ccnc(-c3[c-]c(-c4cccc5c4nc(-c4cc(C(C)C)cc(C(C)C)c4O)n5-c4ccc(C([2H])(C)C)cc4-c4ccc(C(C)(C)C)cc4)cc(-c4ccccc4)c3)c2)cc1.[Pt]. The number of fused-ring (bicyclic) bond motifs is 1. The number of benzene rings is 7. The fourth-order valence-corrected chi connectivity index (χ4v) is 9.19. The number of rotatable bonds is 11. The summed E-state index contributed by atoms with van der Waals surface area (Å²) in [6.07, 6.45) is 1.86. The molecular formula is C64H64N3OPt-. The predicted octanol–water partition coefficient (Wildman–Crippen LogP) is 17.7. The van der Waals surface area contributed by atoms with E-state index in [0.29, 0.717) is 11.4 Å². The summed E-state index contributed by atoms with van der Waals surface area (Å²) in [6.45, 7) is 23.0. The van der Waals surface area contributed by atoms with Crippen molar-refractivity contribution < 1.29 is 28.9 Å². The number of phenols is 1. The molecule has 0 amide bonds. The molecule has 0 aliphatic carbocycles. The van der Waals surface area contributed by atoms with Crippen molar-refractivity contribution in [1.29, 1.82) is 0 Å². The van der Waals surface area contributed by atoms with Gasteiger partial charge in [-0.05, 0) is 109 Å². The molecule has 0 fully saturated rings. The van der Waals surface area contributed by atoms with Crippen molar-refractivity contribution in [3.63, 3.8) is 0 Å². The Morgan fingerprint density at radius 1 is 0.551 bits per heavy atom. The van der Waals surface area contributed by atoms with E-state index < -0.39 is 11.8 Å². The zero-order valence-electron chi connectivity index (χ0n) is 43.8. The molecule has 4 nitrogen and oxygen atoms in total. The van der Waals surface area contributed by atoms with Crippen LogP contribution in [0.1, 0.15) is 130 Å². The zero-order valence-corrected chi connectivity index (χ0v) is 44.0. The third-order valence-electron chi connectivity index (χ3n) is 13.4. The summed E-state index contributed by atoms with van der Waals surface area (Å²) in [6, 6.07) is 56.7. The molecule has 0 radical (unpaired) electrons. The van der Waals surface area contributed by atoms with Crippen LogP contribution >= 0.6 is 0 Å². The van der Waals surface area contributed by atoms with Gasteiger partial charge in [-0.25, -0.2) is 4.98 Å². The van der Waals surface area contributed by atoms with Crippen LogP contribution in [-0.4, -0.2) is 19.6 Å². The maximum Gasteiger partial charge on any atom is 0.148 e. The van der Waals surface area contributed by atoms with Gasteiger partial charge in [-0.15, -0.1) is 23.8 Å². The predicted molar refractivity (Wildman–Crippen MR) is 287 cm³/mol. The first-order valence-electron chi connectivity index (χ1n) is 25.0. The van der Waals surface area contributed by atoms with E-state index in [4.69, 9.17) is 12.7 Å². The molecular weight excluding hydrogens is 1020 g/mol. The molecule has 7 aromatic carbocycles. The van der Waals surface area contributed by atoms with Gasteiger partial charge < -0.3 is 5.11 Å². The molecule has 9 aromatic rings. The van der Waals surface area contributed by atoms with Crippen LogP contribution in [0.25, 0.3) is 83.9 Å². The topological polar surface area (TPSA) is 50.9 Å². The molecule has 0 aliphatic heterocycles. The number of pyridine rings is 1. The molecule has 0 bridgehead atoms. The van der Waals surface area contributed by atoms with Crippen molar-refractivity contribution in [3.8, 4) is 78.6 Å². The van der Waals surface area contributed by atoms with Crippen LogP contribution in [0.4, 0.5) is 0 Å². The summed E-state index contributed by atoms with van der Waals surface area (Å²) in [5.74, 6) is -0.416. The molecule has 0 saturated carbocycles. The van der Waals surface area contributed by atoms with Gasteiger partial charge in [0.25, 0.3) is 0 Å². The normalized spacial score (nSPS) is 12.6. The Morgan fingerprint density at radius 2 is 1.19 bits per heavy atom. The van der Waals surface area contributed by atoms with E-state index in [9.17, 15) is 5.11 Å². The van der Waals surface area contributed by atoms with Gasteiger partial charge in [0.05, 0.1) is 22.3 Å². The minimum atomic E-state index is -0.850. The van der Waals surface area contributed by atoms with Gasteiger partial charge >= 0.3 is 0 Å². The maximum absolute atomic E-state index is 12.4. The number of imidazole rings is 1. The van der Waals surface area contributed by atoms with Crippen molar-refractivity contribution in [1.82, 2.24) is 14.5 Å². The molecule has 69 heavy (non-hydrogen) atoms. The van der Waals surface area contributed by atoms with Gasteiger partial charge in [0.1, 0.15) is 11.6 Å². The first-order valence-corrected chi connectivity index (χ1v) is 24.0. The Balaban J connectivity index is 0.00000676. The van der Waals surface area contributed by atoms with Crippen molar-refractivity contribution in [3.05, 3.63) is 192 Å². The number of phenolic OH excluding ortho intramolecular Hbond substituents is 1. The number of aromatic nitrogens is 3. The Hall–Kier alpha value is -6.35. The largest absolute Gasteiger partial charge is 0.507 e. The van der Waals surface area contributed by atoms with Crippen LogP contribution in [-0.2, 0) is 26.5 Å². The van der Waals surface area contributed by atoms with E-state index in [1.165, 1.54) is 5.56 Å². The molecule has 0 saturated heterocycles. The maximum atomic E-state index is 12.4. The van der Waals surface area contributed by atoms with Crippen molar-refractivity contribution in [2.45, 2.75) is 105 Å².